The van der Waals surface area contributed by atoms with Crippen molar-refractivity contribution in [2.24, 2.45) is 17.3 Å². The fourth-order valence-corrected chi connectivity index (χ4v) is 2.63. The van der Waals surface area contributed by atoms with Crippen LogP contribution in [0.25, 0.3) is 0 Å². The van der Waals surface area contributed by atoms with Crippen LogP contribution in [0.1, 0.15) is 40.5 Å². The predicted octanol–water partition coefficient (Wildman–Crippen LogP) is 1.24. The van der Waals surface area contributed by atoms with Crippen LogP contribution in [-0.2, 0) is 9.59 Å². The number of nitrogens with one attached hydrogen (secondary N) is 2. The summed E-state index contributed by atoms with van der Waals surface area (Å²) < 4.78 is 0. The minimum Gasteiger partial charge on any atom is -0.480 e. The molecule has 1 rings (SSSR count). The van der Waals surface area contributed by atoms with Gasteiger partial charge in [-0.3, -0.25) is 4.79 Å². The summed E-state index contributed by atoms with van der Waals surface area (Å²) in [5.41, 5.74) is -0.471. The molecule has 5 nitrogen and oxygen atoms in total. The highest BCUT2D eigenvalue weighted by molar-refractivity contribution is 5.88. The van der Waals surface area contributed by atoms with E-state index in [-0.39, 0.29) is 17.7 Å². The maximum absolute atomic E-state index is 12.5. The Balaban J connectivity index is 2.83. The van der Waals surface area contributed by atoms with Gasteiger partial charge in [-0.1, -0.05) is 34.1 Å². The number of carboxylic acids is 1. The molecule has 1 amide bonds. The van der Waals surface area contributed by atoms with E-state index >= 15 is 0 Å². The van der Waals surface area contributed by atoms with E-state index in [0.717, 1.165) is 19.4 Å². The highest BCUT2D eigenvalue weighted by atomic mass is 16.4. The molecule has 0 aromatic carbocycles. The molecule has 3 atom stereocenters. The first-order valence-electron chi connectivity index (χ1n) is 7.09. The Morgan fingerprint density at radius 2 is 2.00 bits per heavy atom. The highest BCUT2D eigenvalue weighted by Crippen LogP contribution is 2.34. The van der Waals surface area contributed by atoms with Crippen LogP contribution in [0.3, 0.4) is 0 Å². The van der Waals surface area contributed by atoms with Crippen LogP contribution in [0.2, 0.25) is 0 Å². The van der Waals surface area contributed by atoms with Gasteiger partial charge >= 0.3 is 5.97 Å². The summed E-state index contributed by atoms with van der Waals surface area (Å²) in [5.74, 6) is -0.957. The standard InChI is InChI=1S/C14H26N2O3/c1-5-10(4)11(12(17)18)16-13(19)14(9(2)3)6-7-15-8-14/h9-11,15H,5-8H2,1-4H3,(H,16,19)(H,17,18). The van der Waals surface area contributed by atoms with Crippen molar-refractivity contribution >= 4 is 11.9 Å². The van der Waals surface area contributed by atoms with E-state index in [1.54, 1.807) is 0 Å². The third kappa shape index (κ3) is 3.26. The molecule has 0 aliphatic carbocycles. The molecule has 0 radical (unpaired) electrons. The Morgan fingerprint density at radius 1 is 1.37 bits per heavy atom. The number of aliphatic carboxylic acids is 1. The minimum atomic E-state index is -0.951. The number of carboxylic acid groups (broad SMARTS) is 1. The molecule has 5 heteroatoms. The summed E-state index contributed by atoms with van der Waals surface area (Å²) >= 11 is 0. The Morgan fingerprint density at radius 3 is 2.37 bits per heavy atom. The molecule has 0 bridgehead atoms. The molecule has 19 heavy (non-hydrogen) atoms. The molecular weight excluding hydrogens is 244 g/mol. The van der Waals surface area contributed by atoms with Crippen LogP contribution in [0.15, 0.2) is 0 Å². The maximum Gasteiger partial charge on any atom is 0.326 e. The molecule has 0 aromatic rings. The first-order chi connectivity index (χ1) is 8.85. The highest BCUT2D eigenvalue weighted by Gasteiger charge is 2.45. The van der Waals surface area contributed by atoms with Crippen molar-refractivity contribution in [1.82, 2.24) is 10.6 Å². The maximum atomic E-state index is 12.5. The third-order valence-corrected chi connectivity index (χ3v) is 4.51. The van der Waals surface area contributed by atoms with Gasteiger partial charge in [-0.2, -0.15) is 0 Å². The SMILES string of the molecule is CCC(C)C(NC(=O)C1(C(C)C)CCNC1)C(=O)O. The molecule has 1 aliphatic heterocycles. The average molecular weight is 270 g/mol. The van der Waals surface area contributed by atoms with Crippen molar-refractivity contribution in [3.8, 4) is 0 Å². The molecule has 0 saturated carbocycles. The second-order valence-electron chi connectivity index (χ2n) is 5.91. The van der Waals surface area contributed by atoms with Crippen LogP contribution in [0, 0.1) is 17.3 Å². The lowest BCUT2D eigenvalue weighted by atomic mass is 9.75. The fourth-order valence-electron chi connectivity index (χ4n) is 2.63. The Labute approximate surface area is 115 Å². The molecule has 3 unspecified atom stereocenters. The summed E-state index contributed by atoms with van der Waals surface area (Å²) in [6, 6.07) is -0.797. The third-order valence-electron chi connectivity index (χ3n) is 4.51. The number of hydrogen-bond donors (Lipinski definition) is 3. The van der Waals surface area contributed by atoms with Gasteiger partial charge in [0.15, 0.2) is 0 Å². The number of carbonyl (C=O) groups is 2. The molecule has 0 aromatic heterocycles. The number of hydrogen-bond acceptors (Lipinski definition) is 3. The van der Waals surface area contributed by atoms with Crippen molar-refractivity contribution in [3.63, 3.8) is 0 Å². The van der Waals surface area contributed by atoms with Crippen molar-refractivity contribution in [2.45, 2.75) is 46.6 Å². The van der Waals surface area contributed by atoms with E-state index in [4.69, 9.17) is 0 Å². The van der Waals surface area contributed by atoms with Gasteiger partial charge in [0, 0.05) is 6.54 Å². The van der Waals surface area contributed by atoms with Crippen molar-refractivity contribution < 1.29 is 14.7 Å². The van der Waals surface area contributed by atoms with Crippen LogP contribution in [0.4, 0.5) is 0 Å². The van der Waals surface area contributed by atoms with Crippen LogP contribution in [-0.4, -0.2) is 36.1 Å². The number of rotatable bonds is 6. The molecule has 3 N–H and O–H groups in total. The minimum absolute atomic E-state index is 0.0694. The molecule has 1 saturated heterocycles. The summed E-state index contributed by atoms with van der Waals surface area (Å²) in [4.78, 5) is 23.8. The van der Waals surface area contributed by atoms with Gasteiger partial charge in [0.25, 0.3) is 0 Å². The van der Waals surface area contributed by atoms with E-state index in [9.17, 15) is 14.7 Å². The van der Waals surface area contributed by atoms with Gasteiger partial charge in [-0.15, -0.1) is 0 Å². The zero-order valence-corrected chi connectivity index (χ0v) is 12.3. The fraction of sp³-hybridized carbons (Fsp3) is 0.857. The van der Waals surface area contributed by atoms with E-state index < -0.39 is 17.4 Å². The first kappa shape index (κ1) is 16.0. The Kier molecular flexibility index (Phi) is 5.35. The van der Waals surface area contributed by atoms with Crippen molar-refractivity contribution in [1.29, 1.82) is 0 Å². The summed E-state index contributed by atoms with van der Waals surface area (Å²) in [6.45, 7) is 9.27. The lowest BCUT2D eigenvalue weighted by Gasteiger charge is -2.33. The lowest BCUT2D eigenvalue weighted by molar-refractivity contribution is -0.146. The normalized spacial score (nSPS) is 26.2. The predicted molar refractivity (Wildman–Crippen MR) is 73.8 cm³/mol. The van der Waals surface area contributed by atoms with E-state index in [0.29, 0.717) is 6.54 Å². The monoisotopic (exact) mass is 270 g/mol. The Bertz CT molecular complexity index is 336. The quantitative estimate of drug-likeness (QED) is 0.678. The van der Waals surface area contributed by atoms with E-state index in [1.165, 1.54) is 0 Å². The second-order valence-corrected chi connectivity index (χ2v) is 5.91. The largest absolute Gasteiger partial charge is 0.480 e. The molecular formula is C14H26N2O3. The molecule has 110 valence electrons. The van der Waals surface area contributed by atoms with Gasteiger partial charge in [0.05, 0.1) is 5.41 Å². The molecule has 1 fully saturated rings. The Hall–Kier alpha value is -1.10. The zero-order valence-electron chi connectivity index (χ0n) is 12.3. The second kappa shape index (κ2) is 6.37. The molecule has 0 spiro atoms. The molecule has 1 heterocycles. The van der Waals surface area contributed by atoms with Gasteiger partial charge in [0.1, 0.15) is 6.04 Å². The topological polar surface area (TPSA) is 78.4 Å². The van der Waals surface area contributed by atoms with E-state index in [2.05, 4.69) is 10.6 Å². The number of amides is 1. The summed E-state index contributed by atoms with van der Waals surface area (Å²) in [6.07, 6.45) is 1.49. The average Bonchev–Trinajstić information content (AvgIpc) is 2.84. The van der Waals surface area contributed by atoms with Crippen LogP contribution in [0.5, 0.6) is 0 Å². The zero-order chi connectivity index (χ0) is 14.6. The smallest absolute Gasteiger partial charge is 0.326 e. The van der Waals surface area contributed by atoms with Gasteiger partial charge in [-0.05, 0) is 24.8 Å². The summed E-state index contributed by atoms with van der Waals surface area (Å²) in [5, 5.41) is 15.2. The lowest BCUT2D eigenvalue weighted by Crippen LogP contribution is -2.53. The van der Waals surface area contributed by atoms with Crippen molar-refractivity contribution in [3.05, 3.63) is 0 Å². The van der Waals surface area contributed by atoms with Gasteiger partial charge < -0.3 is 15.7 Å². The van der Waals surface area contributed by atoms with Gasteiger partial charge in [-0.25, -0.2) is 4.79 Å². The van der Waals surface area contributed by atoms with Crippen LogP contribution >= 0.6 is 0 Å². The molecule has 1 aliphatic rings. The summed E-state index contributed by atoms with van der Waals surface area (Å²) in [7, 11) is 0. The number of carbonyl (C=O) groups excluding carboxylic acids is 1. The van der Waals surface area contributed by atoms with Crippen LogP contribution < -0.4 is 10.6 Å². The first-order valence-corrected chi connectivity index (χ1v) is 7.09. The van der Waals surface area contributed by atoms with E-state index in [1.807, 2.05) is 27.7 Å². The van der Waals surface area contributed by atoms with Gasteiger partial charge in [0.2, 0.25) is 5.91 Å². The van der Waals surface area contributed by atoms with Crippen molar-refractivity contribution in [2.75, 3.05) is 13.1 Å².